The Hall–Kier alpha value is -0.770. The molecule has 1 heterocycles. The number of pyridine rings is 1. The quantitative estimate of drug-likeness (QED) is 0.785. The van der Waals surface area contributed by atoms with Crippen LogP contribution in [-0.4, -0.2) is 4.98 Å². The molecule has 0 amide bonds. The SMILES string of the molecule is Cc1cc(NCc2cccc(Cl)c2Cl)cnc1Br. The van der Waals surface area contributed by atoms with Crippen LogP contribution in [0.15, 0.2) is 35.1 Å². The van der Waals surface area contributed by atoms with Crippen molar-refractivity contribution in [2.45, 2.75) is 13.5 Å². The Balaban J connectivity index is 2.11. The van der Waals surface area contributed by atoms with Crippen LogP contribution in [0, 0.1) is 6.92 Å². The molecule has 2 rings (SSSR count). The number of nitrogens with zero attached hydrogens (tertiary/aromatic N) is 1. The predicted octanol–water partition coefficient (Wildman–Crippen LogP) is 5.07. The second kappa shape index (κ2) is 5.91. The molecule has 1 aromatic carbocycles. The van der Waals surface area contributed by atoms with E-state index in [2.05, 4.69) is 26.2 Å². The molecule has 0 spiro atoms. The summed E-state index contributed by atoms with van der Waals surface area (Å²) in [7, 11) is 0. The number of nitrogens with one attached hydrogen (secondary N) is 1. The molecule has 0 unspecified atom stereocenters. The Bertz CT molecular complexity index is 573. The highest BCUT2D eigenvalue weighted by Crippen LogP contribution is 2.26. The van der Waals surface area contributed by atoms with Crippen LogP contribution in [0.1, 0.15) is 11.1 Å². The summed E-state index contributed by atoms with van der Waals surface area (Å²) in [5.41, 5.74) is 2.99. The molecule has 1 N–H and O–H groups in total. The Morgan fingerprint density at radius 2 is 2.11 bits per heavy atom. The minimum absolute atomic E-state index is 0.570. The fourth-order valence-electron chi connectivity index (χ4n) is 1.54. The lowest BCUT2D eigenvalue weighted by molar-refractivity contribution is 1.12. The summed E-state index contributed by atoms with van der Waals surface area (Å²) in [4.78, 5) is 4.23. The summed E-state index contributed by atoms with van der Waals surface area (Å²) in [6.07, 6.45) is 1.77. The first kappa shape index (κ1) is 13.7. The number of halogens is 3. The van der Waals surface area contributed by atoms with Crippen LogP contribution in [0.5, 0.6) is 0 Å². The molecule has 2 aromatic rings. The van der Waals surface area contributed by atoms with E-state index in [-0.39, 0.29) is 0 Å². The van der Waals surface area contributed by atoms with Gasteiger partial charge in [-0.2, -0.15) is 0 Å². The van der Waals surface area contributed by atoms with E-state index in [1.54, 1.807) is 12.3 Å². The van der Waals surface area contributed by atoms with Crippen molar-refractivity contribution in [2.24, 2.45) is 0 Å². The Morgan fingerprint density at radius 3 is 2.83 bits per heavy atom. The van der Waals surface area contributed by atoms with E-state index in [4.69, 9.17) is 23.2 Å². The minimum atomic E-state index is 0.570. The van der Waals surface area contributed by atoms with Gasteiger partial charge in [-0.1, -0.05) is 35.3 Å². The van der Waals surface area contributed by atoms with Gasteiger partial charge in [-0.15, -0.1) is 0 Å². The lowest BCUT2D eigenvalue weighted by atomic mass is 10.2. The summed E-state index contributed by atoms with van der Waals surface area (Å²) in [5.74, 6) is 0. The highest BCUT2D eigenvalue weighted by molar-refractivity contribution is 9.10. The molecule has 0 aliphatic carbocycles. The summed E-state index contributed by atoms with van der Waals surface area (Å²) < 4.78 is 0.855. The monoisotopic (exact) mass is 344 g/mol. The normalized spacial score (nSPS) is 10.4. The van der Waals surface area contributed by atoms with Gasteiger partial charge in [0.15, 0.2) is 0 Å². The van der Waals surface area contributed by atoms with Gasteiger partial charge in [0.2, 0.25) is 0 Å². The first-order valence-corrected chi connectivity index (χ1v) is 6.91. The molecule has 0 aliphatic rings. The second-order valence-electron chi connectivity index (χ2n) is 3.90. The molecular weight excluding hydrogens is 335 g/mol. The molecule has 94 valence electrons. The number of hydrogen-bond donors (Lipinski definition) is 1. The van der Waals surface area contributed by atoms with E-state index in [1.807, 2.05) is 25.1 Å². The van der Waals surface area contributed by atoms with Crippen LogP contribution in [0.3, 0.4) is 0 Å². The molecule has 0 saturated heterocycles. The van der Waals surface area contributed by atoms with E-state index >= 15 is 0 Å². The highest BCUT2D eigenvalue weighted by Gasteiger charge is 2.04. The van der Waals surface area contributed by atoms with Crippen LogP contribution in [-0.2, 0) is 6.54 Å². The Kier molecular flexibility index (Phi) is 4.49. The number of aromatic nitrogens is 1. The third kappa shape index (κ3) is 3.16. The topological polar surface area (TPSA) is 24.9 Å². The van der Waals surface area contributed by atoms with Crippen molar-refractivity contribution in [3.63, 3.8) is 0 Å². The van der Waals surface area contributed by atoms with E-state index < -0.39 is 0 Å². The van der Waals surface area contributed by atoms with Crippen LogP contribution >= 0.6 is 39.1 Å². The maximum atomic E-state index is 6.12. The van der Waals surface area contributed by atoms with E-state index in [1.165, 1.54) is 0 Å². The molecule has 0 radical (unpaired) electrons. The molecule has 0 aliphatic heterocycles. The van der Waals surface area contributed by atoms with Crippen molar-refractivity contribution >= 4 is 44.8 Å². The molecule has 1 aromatic heterocycles. The van der Waals surface area contributed by atoms with Crippen molar-refractivity contribution in [2.75, 3.05) is 5.32 Å². The minimum Gasteiger partial charge on any atom is -0.380 e. The fraction of sp³-hybridized carbons (Fsp3) is 0.154. The number of hydrogen-bond acceptors (Lipinski definition) is 2. The molecule has 0 bridgehead atoms. The zero-order valence-corrected chi connectivity index (χ0v) is 12.8. The van der Waals surface area contributed by atoms with Gasteiger partial charge in [0.25, 0.3) is 0 Å². The fourth-order valence-corrected chi connectivity index (χ4v) is 2.14. The van der Waals surface area contributed by atoms with Crippen molar-refractivity contribution in [1.82, 2.24) is 4.98 Å². The summed E-state index contributed by atoms with van der Waals surface area (Å²) in [5, 5.41) is 4.43. The van der Waals surface area contributed by atoms with Gasteiger partial charge >= 0.3 is 0 Å². The van der Waals surface area contributed by atoms with Crippen molar-refractivity contribution < 1.29 is 0 Å². The maximum Gasteiger partial charge on any atom is 0.109 e. The Labute approximate surface area is 124 Å². The van der Waals surface area contributed by atoms with Crippen LogP contribution in [0.2, 0.25) is 10.0 Å². The van der Waals surface area contributed by atoms with Crippen LogP contribution in [0.25, 0.3) is 0 Å². The van der Waals surface area contributed by atoms with E-state index in [9.17, 15) is 0 Å². The second-order valence-corrected chi connectivity index (χ2v) is 5.43. The maximum absolute atomic E-state index is 6.12. The van der Waals surface area contributed by atoms with E-state index in [0.717, 1.165) is 21.4 Å². The standard InChI is InChI=1S/C13H11BrCl2N2/c1-8-5-10(7-18-13(8)14)17-6-9-3-2-4-11(15)12(9)16/h2-5,7,17H,6H2,1H3. The third-order valence-electron chi connectivity index (χ3n) is 2.53. The molecule has 18 heavy (non-hydrogen) atoms. The lowest BCUT2D eigenvalue weighted by Gasteiger charge is -2.09. The molecule has 0 saturated carbocycles. The Morgan fingerprint density at radius 1 is 1.33 bits per heavy atom. The van der Waals surface area contributed by atoms with Gasteiger partial charge < -0.3 is 5.32 Å². The first-order chi connectivity index (χ1) is 8.58. The van der Waals surface area contributed by atoms with Gasteiger partial charge in [-0.25, -0.2) is 4.98 Å². The average molecular weight is 346 g/mol. The zero-order chi connectivity index (χ0) is 13.1. The highest BCUT2D eigenvalue weighted by atomic mass is 79.9. The summed E-state index contributed by atoms with van der Waals surface area (Å²) >= 11 is 15.5. The number of benzene rings is 1. The van der Waals surface area contributed by atoms with Gasteiger partial charge in [0.05, 0.1) is 21.9 Å². The van der Waals surface area contributed by atoms with Crippen LogP contribution in [0.4, 0.5) is 5.69 Å². The summed E-state index contributed by atoms with van der Waals surface area (Å²) in [6, 6.07) is 7.63. The summed E-state index contributed by atoms with van der Waals surface area (Å²) in [6.45, 7) is 2.61. The largest absolute Gasteiger partial charge is 0.380 e. The van der Waals surface area contributed by atoms with Crippen molar-refractivity contribution in [3.8, 4) is 0 Å². The van der Waals surface area contributed by atoms with Crippen LogP contribution < -0.4 is 5.32 Å². The first-order valence-electron chi connectivity index (χ1n) is 5.37. The molecular formula is C13H11BrCl2N2. The van der Waals surface area contributed by atoms with Crippen molar-refractivity contribution in [1.29, 1.82) is 0 Å². The van der Waals surface area contributed by atoms with E-state index in [0.29, 0.717) is 16.6 Å². The number of anilines is 1. The number of aryl methyl sites for hydroxylation is 1. The average Bonchev–Trinajstić information content (AvgIpc) is 2.35. The smallest absolute Gasteiger partial charge is 0.109 e. The van der Waals surface area contributed by atoms with Gasteiger partial charge in [0, 0.05) is 6.54 Å². The molecule has 5 heteroatoms. The predicted molar refractivity (Wildman–Crippen MR) is 80.5 cm³/mol. The number of rotatable bonds is 3. The van der Waals surface area contributed by atoms with Gasteiger partial charge in [-0.3, -0.25) is 0 Å². The third-order valence-corrected chi connectivity index (χ3v) is 4.22. The zero-order valence-electron chi connectivity index (χ0n) is 9.67. The molecule has 0 fully saturated rings. The molecule has 2 nitrogen and oxygen atoms in total. The van der Waals surface area contributed by atoms with Gasteiger partial charge in [0.1, 0.15) is 4.60 Å². The molecule has 0 atom stereocenters. The van der Waals surface area contributed by atoms with Gasteiger partial charge in [-0.05, 0) is 46.1 Å². The lowest BCUT2D eigenvalue weighted by Crippen LogP contribution is -2.01. The van der Waals surface area contributed by atoms with Crippen molar-refractivity contribution in [3.05, 3.63) is 56.2 Å².